The first-order chi connectivity index (χ1) is 20.0. The number of alkyl halides is 3. The minimum atomic E-state index is -4.72. The zero-order valence-electron chi connectivity index (χ0n) is 23.5. The Hall–Kier alpha value is -3.45. The second kappa shape index (κ2) is 13.7. The number of carbonyl (C=O) groups is 2. The molecule has 3 aromatic rings. The van der Waals surface area contributed by atoms with Gasteiger partial charge in [0.05, 0.1) is 36.0 Å². The van der Waals surface area contributed by atoms with Crippen molar-refractivity contribution in [2.45, 2.75) is 58.7 Å². The molecule has 0 radical (unpaired) electrons. The molecule has 42 heavy (non-hydrogen) atoms. The molecule has 0 atom stereocenters. The van der Waals surface area contributed by atoms with Crippen LogP contribution >= 0.6 is 11.3 Å². The molecule has 1 aliphatic rings. The number of ketones is 1. The van der Waals surface area contributed by atoms with Crippen LogP contribution in [0.4, 0.5) is 23.4 Å². The van der Waals surface area contributed by atoms with Crippen molar-refractivity contribution in [3.8, 4) is 11.3 Å². The highest BCUT2D eigenvalue weighted by Gasteiger charge is 2.32. The van der Waals surface area contributed by atoms with E-state index in [4.69, 9.17) is 0 Å². The van der Waals surface area contributed by atoms with Crippen LogP contribution in [-0.2, 0) is 23.9 Å². The van der Waals surface area contributed by atoms with Crippen LogP contribution in [0.3, 0.4) is 0 Å². The van der Waals surface area contributed by atoms with Crippen LogP contribution in [0.15, 0.2) is 30.6 Å². The highest BCUT2D eigenvalue weighted by Crippen LogP contribution is 2.36. The number of hydrogen-bond acceptors (Lipinski definition) is 8. The van der Waals surface area contributed by atoms with E-state index in [-0.39, 0.29) is 35.1 Å². The third-order valence-electron chi connectivity index (χ3n) is 7.09. The molecular weight excluding hydrogens is 574 g/mol. The van der Waals surface area contributed by atoms with E-state index in [0.717, 1.165) is 38.1 Å². The van der Waals surface area contributed by atoms with Gasteiger partial charge in [0.25, 0.3) is 0 Å². The van der Waals surface area contributed by atoms with Crippen LogP contribution in [-0.4, -0.2) is 62.9 Å². The molecule has 226 valence electrons. The summed E-state index contributed by atoms with van der Waals surface area (Å²) in [4.78, 5) is 42.2. The van der Waals surface area contributed by atoms with Crippen molar-refractivity contribution >= 4 is 28.9 Å². The maximum atomic E-state index is 14.3. The number of benzene rings is 1. The van der Waals surface area contributed by atoms with Gasteiger partial charge in [0, 0.05) is 30.1 Å². The van der Waals surface area contributed by atoms with Crippen LogP contribution in [0.2, 0.25) is 0 Å². The molecule has 13 heteroatoms. The maximum absolute atomic E-state index is 14.3. The zero-order valence-corrected chi connectivity index (χ0v) is 24.3. The monoisotopic (exact) mass is 607 g/mol. The average Bonchev–Trinajstić information content (AvgIpc) is 3.34. The number of Topliss-reactive ketones (excluding diaryl/α,β-unsaturated/α-hetero) is 1. The Morgan fingerprint density at radius 1 is 1.07 bits per heavy atom. The molecule has 1 saturated heterocycles. The predicted molar refractivity (Wildman–Crippen MR) is 151 cm³/mol. The topological polar surface area (TPSA) is 99.5 Å². The number of halogens is 4. The van der Waals surface area contributed by atoms with Gasteiger partial charge in [-0.1, -0.05) is 13.8 Å². The second-order valence-corrected chi connectivity index (χ2v) is 11.5. The maximum Gasteiger partial charge on any atom is 0.416 e. The van der Waals surface area contributed by atoms with Crippen LogP contribution in [0.1, 0.15) is 65.5 Å². The molecule has 1 aromatic carbocycles. The van der Waals surface area contributed by atoms with Crippen molar-refractivity contribution < 1.29 is 32.3 Å². The largest absolute Gasteiger partial charge is 0.481 e. The molecule has 0 aliphatic carbocycles. The van der Waals surface area contributed by atoms with Crippen molar-refractivity contribution in [1.82, 2.24) is 19.9 Å². The average molecular weight is 608 g/mol. The number of piperidine rings is 1. The first-order valence-corrected chi connectivity index (χ1v) is 14.7. The van der Waals surface area contributed by atoms with Crippen LogP contribution < -0.4 is 4.90 Å². The quantitative estimate of drug-likeness (QED) is 0.195. The Bertz CT molecular complexity index is 1380. The Morgan fingerprint density at radius 3 is 2.33 bits per heavy atom. The van der Waals surface area contributed by atoms with Crippen molar-refractivity contribution in [3.63, 3.8) is 0 Å². The molecule has 2 aromatic heterocycles. The van der Waals surface area contributed by atoms with Crippen LogP contribution in [0.25, 0.3) is 11.3 Å². The number of nitrogens with zero attached hydrogens (tertiary/aromatic N) is 5. The molecule has 1 aliphatic heterocycles. The zero-order chi connectivity index (χ0) is 30.4. The van der Waals surface area contributed by atoms with E-state index >= 15 is 0 Å². The SMILES string of the molecule is CCCN(CCC)Cc1sc(CC(=O)c2cnc(N3CCC(C(=O)O)CC3)cn2)nc1-c1cc(F)cc(C(F)(F)F)c1. The number of carboxylic acids is 1. The van der Waals surface area contributed by atoms with Crippen molar-refractivity contribution in [3.05, 3.63) is 57.6 Å². The molecular formula is C29H33F4N5O3S. The molecule has 0 bridgehead atoms. The van der Waals surface area contributed by atoms with Crippen LogP contribution in [0.5, 0.6) is 0 Å². The van der Waals surface area contributed by atoms with Gasteiger partial charge in [-0.3, -0.25) is 14.5 Å². The number of carboxylic acid groups (broad SMARTS) is 1. The predicted octanol–water partition coefficient (Wildman–Crippen LogP) is 6.11. The summed E-state index contributed by atoms with van der Waals surface area (Å²) in [5.41, 5.74) is -0.746. The van der Waals surface area contributed by atoms with E-state index in [0.29, 0.717) is 54.2 Å². The summed E-state index contributed by atoms with van der Waals surface area (Å²) in [6.07, 6.45) is 0.729. The number of hydrogen-bond donors (Lipinski definition) is 1. The first-order valence-electron chi connectivity index (χ1n) is 13.9. The molecule has 0 amide bonds. The number of thiazole rings is 1. The Kier molecular flexibility index (Phi) is 10.3. The third-order valence-corrected chi connectivity index (χ3v) is 8.13. The van der Waals surface area contributed by atoms with Gasteiger partial charge < -0.3 is 10.0 Å². The lowest BCUT2D eigenvalue weighted by Gasteiger charge is -2.30. The normalized spacial score (nSPS) is 14.5. The minimum Gasteiger partial charge on any atom is -0.481 e. The standard InChI is InChI=1S/C29H33F4N5O3S/c1-3-7-37(8-4-2)17-24-27(19-11-20(29(31,32)33)13-21(30)12-19)36-26(42-24)14-23(39)22-15-35-25(16-34-22)38-9-5-18(6-10-38)28(40)41/h11-13,15-16,18H,3-10,14,17H2,1-2H3,(H,40,41). The van der Waals surface area contributed by atoms with Gasteiger partial charge in [-0.15, -0.1) is 11.3 Å². The summed E-state index contributed by atoms with van der Waals surface area (Å²) in [6, 6.07) is 2.38. The summed E-state index contributed by atoms with van der Waals surface area (Å²) in [5.74, 6) is -2.02. The summed E-state index contributed by atoms with van der Waals surface area (Å²) in [7, 11) is 0. The summed E-state index contributed by atoms with van der Waals surface area (Å²) in [6.45, 7) is 7.06. The minimum absolute atomic E-state index is 0.0102. The first kappa shape index (κ1) is 31.5. The fraction of sp³-hybridized carbons (Fsp3) is 0.483. The smallest absolute Gasteiger partial charge is 0.416 e. The molecule has 3 heterocycles. The van der Waals surface area contributed by atoms with E-state index in [1.54, 1.807) is 0 Å². The molecule has 0 unspecified atom stereocenters. The van der Waals surface area contributed by atoms with Gasteiger partial charge in [-0.05, 0) is 57.0 Å². The number of rotatable bonds is 12. The van der Waals surface area contributed by atoms with Gasteiger partial charge in [0.2, 0.25) is 0 Å². The van der Waals surface area contributed by atoms with Gasteiger partial charge in [0.1, 0.15) is 22.3 Å². The molecule has 8 nitrogen and oxygen atoms in total. The number of anilines is 1. The van der Waals surface area contributed by atoms with Gasteiger partial charge in [-0.25, -0.2) is 19.3 Å². The highest BCUT2D eigenvalue weighted by atomic mass is 32.1. The Morgan fingerprint density at radius 2 is 1.76 bits per heavy atom. The van der Waals surface area contributed by atoms with Gasteiger partial charge in [-0.2, -0.15) is 13.2 Å². The second-order valence-electron chi connectivity index (χ2n) is 10.3. The molecule has 0 spiro atoms. The fourth-order valence-electron chi connectivity index (χ4n) is 5.02. The van der Waals surface area contributed by atoms with Crippen molar-refractivity contribution in [2.24, 2.45) is 5.92 Å². The van der Waals surface area contributed by atoms with E-state index in [9.17, 15) is 32.3 Å². The van der Waals surface area contributed by atoms with E-state index in [1.807, 2.05) is 18.7 Å². The van der Waals surface area contributed by atoms with E-state index in [2.05, 4.69) is 19.9 Å². The summed E-state index contributed by atoms with van der Waals surface area (Å²) in [5, 5.41) is 9.58. The molecule has 4 rings (SSSR count). The number of aromatic nitrogens is 3. The van der Waals surface area contributed by atoms with Crippen LogP contribution in [0, 0.1) is 11.7 Å². The van der Waals surface area contributed by atoms with E-state index in [1.165, 1.54) is 23.7 Å². The summed E-state index contributed by atoms with van der Waals surface area (Å²) >= 11 is 1.22. The lowest BCUT2D eigenvalue weighted by molar-refractivity contribution is -0.142. The van der Waals surface area contributed by atoms with Gasteiger partial charge in [0.15, 0.2) is 5.78 Å². The van der Waals surface area contributed by atoms with Gasteiger partial charge >= 0.3 is 12.1 Å². The fourth-order valence-corrected chi connectivity index (χ4v) is 6.15. The molecule has 1 fully saturated rings. The van der Waals surface area contributed by atoms with Crippen molar-refractivity contribution in [2.75, 3.05) is 31.1 Å². The number of carbonyl (C=O) groups excluding carboxylic acids is 1. The third kappa shape index (κ3) is 7.88. The summed E-state index contributed by atoms with van der Waals surface area (Å²) < 4.78 is 54.7. The molecule has 0 saturated carbocycles. The highest BCUT2D eigenvalue weighted by molar-refractivity contribution is 7.12. The Balaban J connectivity index is 1.57. The van der Waals surface area contributed by atoms with Crippen molar-refractivity contribution in [1.29, 1.82) is 0 Å². The number of aliphatic carboxylic acids is 1. The lowest BCUT2D eigenvalue weighted by atomic mass is 9.97. The van der Waals surface area contributed by atoms with E-state index < -0.39 is 23.5 Å². The lowest BCUT2D eigenvalue weighted by Crippen LogP contribution is -2.36. The molecule has 1 N–H and O–H groups in total. The Labute approximate surface area is 245 Å².